The number of aryl methyl sites for hydroxylation is 1. The van der Waals surface area contributed by atoms with Crippen molar-refractivity contribution in [2.45, 2.75) is 31.8 Å². The van der Waals surface area contributed by atoms with Gasteiger partial charge in [-0.3, -0.25) is 0 Å². The molecule has 1 saturated carbocycles. The molecule has 7 heteroatoms. The van der Waals surface area contributed by atoms with Crippen molar-refractivity contribution < 1.29 is 5.11 Å². The second-order valence-corrected chi connectivity index (χ2v) is 6.98. The van der Waals surface area contributed by atoms with Crippen LogP contribution in [-0.4, -0.2) is 52.3 Å². The fourth-order valence-corrected chi connectivity index (χ4v) is 3.66. The van der Waals surface area contributed by atoms with E-state index in [1.54, 1.807) is 12.3 Å². The van der Waals surface area contributed by atoms with Gasteiger partial charge in [-0.1, -0.05) is 0 Å². The van der Waals surface area contributed by atoms with Crippen molar-refractivity contribution in [3.63, 3.8) is 0 Å². The molecule has 2 aliphatic rings. The van der Waals surface area contributed by atoms with Crippen LogP contribution in [0.25, 0.3) is 0 Å². The van der Waals surface area contributed by atoms with E-state index in [0.29, 0.717) is 11.5 Å². The molecule has 0 radical (unpaired) electrons. The number of rotatable bonds is 3. The summed E-state index contributed by atoms with van der Waals surface area (Å²) in [6, 6.07) is 7.89. The molecular formula is C19H22N6O. The highest BCUT2D eigenvalue weighted by molar-refractivity contribution is 5.55. The predicted molar refractivity (Wildman–Crippen MR) is 98.1 cm³/mol. The molecule has 26 heavy (non-hydrogen) atoms. The molecule has 1 saturated heterocycles. The average molecular weight is 350 g/mol. The fourth-order valence-electron chi connectivity index (χ4n) is 3.66. The Morgan fingerprint density at radius 1 is 1.15 bits per heavy atom. The number of aliphatic hydroxyl groups is 1. The maximum Gasteiger partial charge on any atom is 0.146 e. The second kappa shape index (κ2) is 6.89. The van der Waals surface area contributed by atoms with E-state index < -0.39 is 0 Å². The SMILES string of the molecule is Cc1nc(C2CC(O)C2)cc(N2CCN(c3ncccc3C#N)CC2)n1. The summed E-state index contributed by atoms with van der Waals surface area (Å²) in [6.07, 6.45) is 3.13. The van der Waals surface area contributed by atoms with E-state index in [1.165, 1.54) is 0 Å². The normalized spacial score (nSPS) is 22.7. The minimum atomic E-state index is -0.185. The molecule has 7 nitrogen and oxygen atoms in total. The Balaban J connectivity index is 1.47. The highest BCUT2D eigenvalue weighted by Crippen LogP contribution is 2.36. The Morgan fingerprint density at radius 3 is 2.58 bits per heavy atom. The van der Waals surface area contributed by atoms with Gasteiger partial charge in [0.05, 0.1) is 11.7 Å². The third-order valence-electron chi connectivity index (χ3n) is 5.19. The van der Waals surface area contributed by atoms with Gasteiger partial charge in [0, 0.05) is 50.1 Å². The van der Waals surface area contributed by atoms with Crippen LogP contribution < -0.4 is 9.80 Å². The average Bonchev–Trinajstić information content (AvgIpc) is 2.65. The molecule has 0 atom stereocenters. The zero-order chi connectivity index (χ0) is 18.1. The van der Waals surface area contributed by atoms with Gasteiger partial charge in [0.2, 0.25) is 0 Å². The molecule has 1 aliphatic heterocycles. The molecule has 0 bridgehead atoms. The van der Waals surface area contributed by atoms with Gasteiger partial charge in [0.15, 0.2) is 0 Å². The summed E-state index contributed by atoms with van der Waals surface area (Å²) in [5.74, 6) is 2.84. The summed E-state index contributed by atoms with van der Waals surface area (Å²) < 4.78 is 0. The van der Waals surface area contributed by atoms with Gasteiger partial charge in [-0.05, 0) is 31.9 Å². The van der Waals surface area contributed by atoms with Crippen LogP contribution in [0.15, 0.2) is 24.4 Å². The molecule has 1 aliphatic carbocycles. The monoisotopic (exact) mass is 350 g/mol. The van der Waals surface area contributed by atoms with Crippen LogP contribution in [0.2, 0.25) is 0 Å². The molecule has 0 unspecified atom stereocenters. The van der Waals surface area contributed by atoms with Gasteiger partial charge in [-0.25, -0.2) is 15.0 Å². The van der Waals surface area contributed by atoms with Crippen molar-refractivity contribution in [1.82, 2.24) is 15.0 Å². The molecule has 2 aromatic rings. The summed E-state index contributed by atoms with van der Waals surface area (Å²) in [7, 11) is 0. The van der Waals surface area contributed by atoms with Crippen LogP contribution in [0.5, 0.6) is 0 Å². The van der Waals surface area contributed by atoms with Crippen LogP contribution in [0, 0.1) is 18.3 Å². The number of pyridine rings is 1. The van der Waals surface area contributed by atoms with Crippen LogP contribution in [-0.2, 0) is 0 Å². The van der Waals surface area contributed by atoms with Crippen LogP contribution in [0.4, 0.5) is 11.6 Å². The first-order valence-electron chi connectivity index (χ1n) is 9.02. The molecule has 0 amide bonds. The molecule has 134 valence electrons. The summed E-state index contributed by atoms with van der Waals surface area (Å²) >= 11 is 0. The van der Waals surface area contributed by atoms with E-state index >= 15 is 0 Å². The highest BCUT2D eigenvalue weighted by atomic mass is 16.3. The number of aromatic nitrogens is 3. The van der Waals surface area contributed by atoms with E-state index in [4.69, 9.17) is 0 Å². The quantitative estimate of drug-likeness (QED) is 0.899. The number of nitrogens with zero attached hydrogens (tertiary/aromatic N) is 6. The lowest BCUT2D eigenvalue weighted by molar-refractivity contribution is 0.0731. The first-order valence-corrected chi connectivity index (χ1v) is 9.02. The lowest BCUT2D eigenvalue weighted by Gasteiger charge is -2.37. The molecule has 4 rings (SSSR count). The van der Waals surface area contributed by atoms with Gasteiger partial charge in [0.25, 0.3) is 0 Å². The Kier molecular flexibility index (Phi) is 4.43. The van der Waals surface area contributed by atoms with Crippen LogP contribution in [0.3, 0.4) is 0 Å². The van der Waals surface area contributed by atoms with Crippen molar-refractivity contribution in [3.8, 4) is 6.07 Å². The smallest absolute Gasteiger partial charge is 0.146 e. The summed E-state index contributed by atoms with van der Waals surface area (Å²) in [6.45, 7) is 5.17. The number of hydrogen-bond acceptors (Lipinski definition) is 7. The molecule has 0 spiro atoms. The van der Waals surface area contributed by atoms with E-state index in [2.05, 4.69) is 36.9 Å². The second-order valence-electron chi connectivity index (χ2n) is 6.98. The molecule has 1 N–H and O–H groups in total. The molecule has 3 heterocycles. The van der Waals surface area contributed by atoms with Gasteiger partial charge < -0.3 is 14.9 Å². The van der Waals surface area contributed by atoms with Crippen LogP contribution in [0.1, 0.15) is 35.8 Å². The summed E-state index contributed by atoms with van der Waals surface area (Å²) in [5, 5.41) is 18.8. The topological polar surface area (TPSA) is 89.2 Å². The van der Waals surface area contributed by atoms with E-state index in [0.717, 1.165) is 62.2 Å². The van der Waals surface area contributed by atoms with E-state index in [-0.39, 0.29) is 6.10 Å². The summed E-state index contributed by atoms with van der Waals surface area (Å²) in [4.78, 5) is 18.0. The number of anilines is 2. The maximum atomic E-state index is 9.56. The minimum absolute atomic E-state index is 0.185. The Bertz CT molecular complexity index is 834. The molecule has 2 fully saturated rings. The van der Waals surface area contributed by atoms with Gasteiger partial charge in [0.1, 0.15) is 23.5 Å². The van der Waals surface area contributed by atoms with Crippen molar-refractivity contribution in [3.05, 3.63) is 41.5 Å². The number of hydrogen-bond donors (Lipinski definition) is 1. The first kappa shape index (κ1) is 16.7. The largest absolute Gasteiger partial charge is 0.393 e. The maximum absolute atomic E-state index is 9.56. The van der Waals surface area contributed by atoms with Gasteiger partial charge in [-0.2, -0.15) is 5.26 Å². The lowest BCUT2D eigenvalue weighted by atomic mass is 9.80. The fraction of sp³-hybridized carbons (Fsp3) is 0.474. The molecular weight excluding hydrogens is 328 g/mol. The first-order chi connectivity index (χ1) is 12.6. The zero-order valence-corrected chi connectivity index (χ0v) is 14.8. The van der Waals surface area contributed by atoms with Gasteiger partial charge in [-0.15, -0.1) is 0 Å². The summed E-state index contributed by atoms with van der Waals surface area (Å²) in [5.41, 5.74) is 1.65. The zero-order valence-electron chi connectivity index (χ0n) is 14.8. The minimum Gasteiger partial charge on any atom is -0.393 e. The van der Waals surface area contributed by atoms with Crippen molar-refractivity contribution in [1.29, 1.82) is 5.26 Å². The Hall–Kier alpha value is -2.72. The van der Waals surface area contributed by atoms with Crippen LogP contribution >= 0.6 is 0 Å². The molecule has 2 aromatic heterocycles. The lowest BCUT2D eigenvalue weighted by Crippen LogP contribution is -2.47. The van der Waals surface area contributed by atoms with Crippen molar-refractivity contribution in [2.75, 3.05) is 36.0 Å². The highest BCUT2D eigenvalue weighted by Gasteiger charge is 2.31. The molecule has 0 aromatic carbocycles. The Labute approximate surface area is 152 Å². The number of piperazine rings is 1. The Morgan fingerprint density at radius 2 is 1.88 bits per heavy atom. The number of aliphatic hydroxyl groups excluding tert-OH is 1. The third-order valence-corrected chi connectivity index (χ3v) is 5.19. The number of nitriles is 1. The third kappa shape index (κ3) is 3.20. The van der Waals surface area contributed by atoms with E-state index in [9.17, 15) is 10.4 Å². The van der Waals surface area contributed by atoms with Gasteiger partial charge >= 0.3 is 0 Å². The van der Waals surface area contributed by atoms with Crippen molar-refractivity contribution >= 4 is 11.6 Å². The van der Waals surface area contributed by atoms with E-state index in [1.807, 2.05) is 13.0 Å². The van der Waals surface area contributed by atoms with Crippen molar-refractivity contribution in [2.24, 2.45) is 0 Å². The predicted octanol–water partition coefficient (Wildman–Crippen LogP) is 1.62. The standard InChI is InChI=1S/C19H22N6O/c1-13-22-17(15-9-16(26)10-15)11-18(23-13)24-5-7-25(8-6-24)19-14(12-20)3-2-4-21-19/h2-4,11,15-16,26H,5-10H2,1H3.